The summed E-state index contributed by atoms with van der Waals surface area (Å²) in [6.07, 6.45) is 3.27. The van der Waals surface area contributed by atoms with Gasteiger partial charge in [-0.3, -0.25) is 19.5 Å². The van der Waals surface area contributed by atoms with E-state index in [1.165, 1.54) is 0 Å². The van der Waals surface area contributed by atoms with Gasteiger partial charge in [-0.05, 0) is 44.2 Å². The third-order valence-electron chi connectivity index (χ3n) is 5.70. The Bertz CT molecular complexity index is 1040. The Hall–Kier alpha value is -3.25. The van der Waals surface area contributed by atoms with Crippen LogP contribution in [-0.4, -0.2) is 63.8 Å². The number of carbonyl (C=O) groups is 2. The van der Waals surface area contributed by atoms with E-state index in [9.17, 15) is 9.59 Å². The maximum absolute atomic E-state index is 13.0. The van der Waals surface area contributed by atoms with E-state index in [1.807, 2.05) is 55.1 Å². The molecule has 0 spiro atoms. The minimum absolute atomic E-state index is 0.0229. The van der Waals surface area contributed by atoms with Crippen molar-refractivity contribution in [1.82, 2.24) is 19.4 Å². The zero-order chi connectivity index (χ0) is 21.1. The van der Waals surface area contributed by atoms with Gasteiger partial charge >= 0.3 is 0 Å². The van der Waals surface area contributed by atoms with Crippen LogP contribution in [0.3, 0.4) is 0 Å². The Labute approximate surface area is 176 Å². The average Bonchev–Trinajstić information content (AvgIpc) is 3.09. The molecule has 1 aromatic carbocycles. The van der Waals surface area contributed by atoms with Crippen molar-refractivity contribution in [2.24, 2.45) is 0 Å². The van der Waals surface area contributed by atoms with Gasteiger partial charge in [0.1, 0.15) is 0 Å². The zero-order valence-electron chi connectivity index (χ0n) is 17.4. The molecule has 154 valence electrons. The Morgan fingerprint density at radius 1 is 0.933 bits per heavy atom. The van der Waals surface area contributed by atoms with Gasteiger partial charge in [0.05, 0.1) is 6.54 Å². The van der Waals surface area contributed by atoms with Crippen LogP contribution >= 0.6 is 0 Å². The number of piperazine rings is 1. The van der Waals surface area contributed by atoms with Crippen molar-refractivity contribution in [3.8, 4) is 5.69 Å². The number of nitrogens with zero attached hydrogens (tertiary/aromatic N) is 4. The van der Waals surface area contributed by atoms with Crippen LogP contribution in [0.4, 0.5) is 0 Å². The second kappa shape index (κ2) is 8.63. The van der Waals surface area contributed by atoms with Crippen molar-refractivity contribution in [3.05, 3.63) is 83.4 Å². The summed E-state index contributed by atoms with van der Waals surface area (Å²) in [7, 11) is 0. The normalized spacial score (nSPS) is 14.7. The highest BCUT2D eigenvalue weighted by Crippen LogP contribution is 2.21. The number of carbonyl (C=O) groups excluding carboxylic acids is 2. The number of aromatic nitrogens is 2. The summed E-state index contributed by atoms with van der Waals surface area (Å²) in [6, 6.07) is 15.5. The molecule has 3 heterocycles. The Kier molecular flexibility index (Phi) is 5.77. The Morgan fingerprint density at radius 2 is 1.60 bits per heavy atom. The summed E-state index contributed by atoms with van der Waals surface area (Å²) in [6.45, 7) is 7.03. The second-order valence-electron chi connectivity index (χ2n) is 7.68. The zero-order valence-corrected chi connectivity index (χ0v) is 17.4. The summed E-state index contributed by atoms with van der Waals surface area (Å²) >= 11 is 0. The molecule has 6 nitrogen and oxygen atoms in total. The van der Waals surface area contributed by atoms with Crippen LogP contribution in [0.5, 0.6) is 0 Å². The van der Waals surface area contributed by atoms with Crippen molar-refractivity contribution >= 4 is 11.7 Å². The topological polar surface area (TPSA) is 58.4 Å². The van der Waals surface area contributed by atoms with Gasteiger partial charge in [-0.2, -0.15) is 0 Å². The molecule has 4 rings (SSSR count). The van der Waals surface area contributed by atoms with Gasteiger partial charge in [-0.15, -0.1) is 0 Å². The molecule has 1 saturated heterocycles. The summed E-state index contributed by atoms with van der Waals surface area (Å²) in [5.74, 6) is 0.147. The second-order valence-corrected chi connectivity index (χ2v) is 7.68. The molecule has 1 amide bonds. The van der Waals surface area contributed by atoms with Crippen molar-refractivity contribution in [2.45, 2.75) is 13.8 Å². The fourth-order valence-corrected chi connectivity index (χ4v) is 4.09. The number of pyridine rings is 1. The predicted molar refractivity (Wildman–Crippen MR) is 116 cm³/mol. The molecule has 0 bridgehead atoms. The quantitative estimate of drug-likeness (QED) is 0.616. The number of amides is 1. The number of benzene rings is 1. The monoisotopic (exact) mass is 402 g/mol. The molecule has 0 N–H and O–H groups in total. The molecule has 1 fully saturated rings. The standard InChI is InChI=1S/C24H26N4O2/c1-18-16-22(19(2)28(18)21-6-4-3-5-7-21)23(29)17-26-12-14-27(15-13-26)24(30)20-8-10-25-11-9-20/h3-11,16H,12-15,17H2,1-2H3. The molecule has 2 aromatic heterocycles. The first-order valence-electron chi connectivity index (χ1n) is 10.2. The smallest absolute Gasteiger partial charge is 0.254 e. The molecule has 1 aliphatic rings. The highest BCUT2D eigenvalue weighted by atomic mass is 16.2. The first-order chi connectivity index (χ1) is 14.5. The minimum Gasteiger partial charge on any atom is -0.336 e. The average molecular weight is 402 g/mol. The molecule has 0 saturated carbocycles. The van der Waals surface area contributed by atoms with Gasteiger partial charge in [-0.25, -0.2) is 0 Å². The molecule has 30 heavy (non-hydrogen) atoms. The number of hydrogen-bond acceptors (Lipinski definition) is 4. The number of Topliss-reactive ketones (excluding diaryl/α,β-unsaturated/α-hetero) is 1. The van der Waals surface area contributed by atoms with Crippen molar-refractivity contribution < 1.29 is 9.59 Å². The number of rotatable bonds is 5. The van der Waals surface area contributed by atoms with Gasteiger partial charge in [-0.1, -0.05) is 18.2 Å². The van der Waals surface area contributed by atoms with Crippen LogP contribution in [0.25, 0.3) is 5.69 Å². The van der Waals surface area contributed by atoms with Crippen LogP contribution in [0, 0.1) is 13.8 Å². The molecular weight excluding hydrogens is 376 g/mol. The van der Waals surface area contributed by atoms with Crippen molar-refractivity contribution in [2.75, 3.05) is 32.7 Å². The lowest BCUT2D eigenvalue weighted by atomic mass is 10.1. The maximum Gasteiger partial charge on any atom is 0.254 e. The van der Waals surface area contributed by atoms with Gasteiger partial charge in [0.25, 0.3) is 5.91 Å². The predicted octanol–water partition coefficient (Wildman–Crippen LogP) is 3.13. The minimum atomic E-state index is 0.0229. The highest BCUT2D eigenvalue weighted by molar-refractivity contribution is 5.99. The maximum atomic E-state index is 13.0. The van der Waals surface area contributed by atoms with E-state index in [-0.39, 0.29) is 11.7 Å². The largest absolute Gasteiger partial charge is 0.336 e. The number of para-hydroxylation sites is 1. The first-order valence-corrected chi connectivity index (χ1v) is 10.2. The van der Waals surface area contributed by atoms with E-state index in [4.69, 9.17) is 0 Å². The van der Waals surface area contributed by atoms with Crippen LogP contribution in [-0.2, 0) is 0 Å². The lowest BCUT2D eigenvalue weighted by molar-refractivity contribution is 0.0624. The Balaban J connectivity index is 1.39. The molecule has 3 aromatic rings. The van der Waals surface area contributed by atoms with E-state index >= 15 is 0 Å². The molecule has 1 aliphatic heterocycles. The van der Waals surface area contributed by atoms with Crippen LogP contribution < -0.4 is 0 Å². The molecule has 0 atom stereocenters. The molecule has 0 unspecified atom stereocenters. The van der Waals surface area contributed by atoms with Gasteiger partial charge in [0, 0.05) is 66.8 Å². The summed E-state index contributed by atoms with van der Waals surface area (Å²) < 4.78 is 2.12. The Morgan fingerprint density at radius 3 is 2.27 bits per heavy atom. The fraction of sp³-hybridized carbons (Fsp3) is 0.292. The number of ketones is 1. The van der Waals surface area contributed by atoms with Gasteiger partial charge in [0.15, 0.2) is 5.78 Å². The number of aryl methyl sites for hydroxylation is 1. The molecule has 0 aliphatic carbocycles. The van der Waals surface area contributed by atoms with E-state index in [1.54, 1.807) is 24.5 Å². The first kappa shape index (κ1) is 20.0. The summed E-state index contributed by atoms with van der Waals surface area (Å²) in [5, 5.41) is 0. The van der Waals surface area contributed by atoms with Crippen LogP contribution in [0.1, 0.15) is 32.1 Å². The van der Waals surface area contributed by atoms with E-state index in [2.05, 4.69) is 14.5 Å². The SMILES string of the molecule is Cc1cc(C(=O)CN2CCN(C(=O)c3ccncc3)CC2)c(C)n1-c1ccccc1. The van der Waals surface area contributed by atoms with Crippen LogP contribution in [0.2, 0.25) is 0 Å². The highest BCUT2D eigenvalue weighted by Gasteiger charge is 2.25. The fourth-order valence-electron chi connectivity index (χ4n) is 4.09. The molecule has 6 heteroatoms. The molecule has 0 radical (unpaired) electrons. The van der Waals surface area contributed by atoms with Crippen molar-refractivity contribution in [3.63, 3.8) is 0 Å². The number of hydrogen-bond donors (Lipinski definition) is 0. The van der Waals surface area contributed by atoms with E-state index in [0.717, 1.165) is 22.6 Å². The van der Waals surface area contributed by atoms with Gasteiger partial charge in [0.2, 0.25) is 0 Å². The third-order valence-corrected chi connectivity index (χ3v) is 5.70. The summed E-state index contributed by atoms with van der Waals surface area (Å²) in [5.41, 5.74) is 4.51. The lowest BCUT2D eigenvalue weighted by Gasteiger charge is -2.34. The molecular formula is C24H26N4O2. The van der Waals surface area contributed by atoms with Gasteiger partial charge < -0.3 is 9.47 Å². The van der Waals surface area contributed by atoms with Crippen LogP contribution in [0.15, 0.2) is 60.9 Å². The van der Waals surface area contributed by atoms with E-state index < -0.39 is 0 Å². The lowest BCUT2D eigenvalue weighted by Crippen LogP contribution is -2.49. The summed E-state index contributed by atoms with van der Waals surface area (Å²) in [4.78, 5) is 33.5. The third kappa shape index (κ3) is 4.04. The van der Waals surface area contributed by atoms with E-state index in [0.29, 0.717) is 38.3 Å². The van der Waals surface area contributed by atoms with Crippen molar-refractivity contribution in [1.29, 1.82) is 0 Å².